The van der Waals surface area contributed by atoms with Crippen molar-refractivity contribution in [1.82, 2.24) is 5.32 Å². The number of hydrogen-bond acceptors (Lipinski definition) is 2. The predicted octanol–water partition coefficient (Wildman–Crippen LogP) is 4.17. The van der Waals surface area contributed by atoms with Crippen LogP contribution in [0.25, 0.3) is 0 Å². The van der Waals surface area contributed by atoms with E-state index in [4.69, 9.17) is 4.74 Å². The molecule has 0 radical (unpaired) electrons. The molecular weight excluding hydrogens is 246 g/mol. The Morgan fingerprint density at radius 2 is 2.00 bits per heavy atom. The normalized spacial score (nSPS) is 29.3. The Balaban J connectivity index is 1.77. The van der Waals surface area contributed by atoms with Gasteiger partial charge in [0.25, 0.3) is 0 Å². The van der Waals surface area contributed by atoms with Crippen LogP contribution in [-0.2, 0) is 0 Å². The van der Waals surface area contributed by atoms with Crippen molar-refractivity contribution in [3.63, 3.8) is 0 Å². The van der Waals surface area contributed by atoms with Gasteiger partial charge in [-0.2, -0.15) is 0 Å². The monoisotopic (exact) mass is 273 g/mol. The topological polar surface area (TPSA) is 21.3 Å². The molecule has 20 heavy (non-hydrogen) atoms. The van der Waals surface area contributed by atoms with Gasteiger partial charge in [0.2, 0.25) is 0 Å². The van der Waals surface area contributed by atoms with Gasteiger partial charge in [0, 0.05) is 6.04 Å². The van der Waals surface area contributed by atoms with Crippen LogP contribution in [0, 0.1) is 17.8 Å². The molecule has 1 aromatic rings. The van der Waals surface area contributed by atoms with Crippen LogP contribution < -0.4 is 10.1 Å². The molecule has 0 aliphatic heterocycles. The van der Waals surface area contributed by atoms with Crippen LogP contribution in [0.2, 0.25) is 0 Å². The first-order valence-corrected chi connectivity index (χ1v) is 8.20. The Morgan fingerprint density at radius 3 is 2.65 bits per heavy atom. The van der Waals surface area contributed by atoms with Gasteiger partial charge in [-0.1, -0.05) is 25.5 Å². The number of ether oxygens (including phenoxy) is 1. The smallest absolute Gasteiger partial charge is 0.120 e. The molecule has 1 aromatic carbocycles. The van der Waals surface area contributed by atoms with Gasteiger partial charge in [-0.05, 0) is 68.7 Å². The van der Waals surface area contributed by atoms with Gasteiger partial charge in [-0.25, -0.2) is 0 Å². The third-order valence-corrected chi connectivity index (χ3v) is 4.87. The lowest BCUT2D eigenvalue weighted by Crippen LogP contribution is -2.24. The molecule has 0 bridgehead atoms. The summed E-state index contributed by atoms with van der Waals surface area (Å²) in [7, 11) is 0. The third kappa shape index (κ3) is 2.71. The highest BCUT2D eigenvalue weighted by atomic mass is 16.5. The highest BCUT2D eigenvalue weighted by Crippen LogP contribution is 2.62. The van der Waals surface area contributed by atoms with Crippen molar-refractivity contribution >= 4 is 0 Å². The Kier molecular flexibility index (Phi) is 4.02. The van der Waals surface area contributed by atoms with Gasteiger partial charge in [0.1, 0.15) is 5.75 Å². The average Bonchev–Trinajstić information content (AvgIpc) is 2.88. The molecular formula is C18H27NO. The maximum atomic E-state index is 5.85. The largest absolute Gasteiger partial charge is 0.491 e. The molecule has 2 saturated carbocycles. The van der Waals surface area contributed by atoms with Gasteiger partial charge in [-0.3, -0.25) is 0 Å². The maximum Gasteiger partial charge on any atom is 0.120 e. The minimum absolute atomic E-state index is 0.239. The molecule has 3 atom stereocenters. The Hall–Kier alpha value is -1.02. The standard InChI is InChI=1S/C18H27NO/c1-4-19-18(17-15-9-6-10-16(15)17)13-7-5-8-14(11-13)20-12(2)3/h5,7-8,11-12,15-19H,4,6,9-10H2,1-3H3. The summed E-state index contributed by atoms with van der Waals surface area (Å²) in [6.45, 7) is 7.41. The third-order valence-electron chi connectivity index (χ3n) is 4.87. The van der Waals surface area contributed by atoms with Crippen LogP contribution in [0.5, 0.6) is 5.75 Å². The number of hydrogen-bond donors (Lipinski definition) is 1. The SMILES string of the molecule is CCNC(c1cccc(OC(C)C)c1)C1C2CCCC21. The van der Waals surface area contributed by atoms with Crippen molar-refractivity contribution in [2.75, 3.05) is 6.54 Å². The van der Waals surface area contributed by atoms with Crippen molar-refractivity contribution in [2.24, 2.45) is 17.8 Å². The second-order valence-electron chi connectivity index (χ2n) is 6.61. The Bertz CT molecular complexity index is 446. The zero-order valence-electron chi connectivity index (χ0n) is 12.9. The summed E-state index contributed by atoms with van der Waals surface area (Å²) in [5, 5.41) is 3.71. The van der Waals surface area contributed by atoms with Crippen LogP contribution in [0.4, 0.5) is 0 Å². The first-order valence-electron chi connectivity index (χ1n) is 8.20. The number of nitrogens with one attached hydrogen (secondary N) is 1. The fourth-order valence-corrected chi connectivity index (χ4v) is 4.12. The highest BCUT2D eigenvalue weighted by molar-refractivity contribution is 5.32. The molecule has 2 nitrogen and oxygen atoms in total. The summed E-state index contributed by atoms with van der Waals surface area (Å²) in [5.74, 6) is 3.83. The molecule has 0 spiro atoms. The molecule has 0 aromatic heterocycles. The van der Waals surface area contributed by atoms with E-state index in [1.165, 1.54) is 24.8 Å². The zero-order chi connectivity index (χ0) is 14.1. The van der Waals surface area contributed by atoms with Crippen molar-refractivity contribution in [3.8, 4) is 5.75 Å². The lowest BCUT2D eigenvalue weighted by Gasteiger charge is -2.21. The molecule has 0 amide bonds. The Labute approximate surface area is 122 Å². The van der Waals surface area contributed by atoms with Gasteiger partial charge >= 0.3 is 0 Å². The van der Waals surface area contributed by atoms with E-state index >= 15 is 0 Å². The highest BCUT2D eigenvalue weighted by Gasteiger charge is 2.55. The molecule has 2 aliphatic carbocycles. The van der Waals surface area contributed by atoms with Gasteiger partial charge in [0.15, 0.2) is 0 Å². The second-order valence-corrected chi connectivity index (χ2v) is 6.61. The molecule has 2 aliphatic rings. The van der Waals surface area contributed by atoms with Gasteiger partial charge in [0.05, 0.1) is 6.10 Å². The molecule has 110 valence electrons. The van der Waals surface area contributed by atoms with Crippen LogP contribution in [-0.4, -0.2) is 12.6 Å². The lowest BCUT2D eigenvalue weighted by molar-refractivity contribution is 0.242. The molecule has 0 heterocycles. The zero-order valence-corrected chi connectivity index (χ0v) is 12.9. The quantitative estimate of drug-likeness (QED) is 0.840. The summed E-state index contributed by atoms with van der Waals surface area (Å²) < 4.78 is 5.85. The van der Waals surface area contributed by atoms with E-state index < -0.39 is 0 Å². The van der Waals surface area contributed by atoms with E-state index in [-0.39, 0.29) is 6.10 Å². The summed E-state index contributed by atoms with van der Waals surface area (Å²) in [4.78, 5) is 0. The lowest BCUT2D eigenvalue weighted by atomic mass is 9.96. The van der Waals surface area contributed by atoms with Crippen molar-refractivity contribution in [2.45, 2.75) is 52.2 Å². The van der Waals surface area contributed by atoms with E-state index in [1.54, 1.807) is 0 Å². The average molecular weight is 273 g/mol. The maximum absolute atomic E-state index is 5.85. The summed E-state index contributed by atoms with van der Waals surface area (Å²) in [5.41, 5.74) is 1.41. The number of rotatable bonds is 6. The van der Waals surface area contributed by atoms with Crippen LogP contribution >= 0.6 is 0 Å². The second kappa shape index (κ2) is 5.77. The minimum Gasteiger partial charge on any atom is -0.491 e. The molecule has 2 fully saturated rings. The molecule has 1 N–H and O–H groups in total. The van der Waals surface area contributed by atoms with Crippen LogP contribution in [0.3, 0.4) is 0 Å². The van der Waals surface area contributed by atoms with E-state index in [0.717, 1.165) is 30.0 Å². The fourth-order valence-electron chi connectivity index (χ4n) is 4.12. The predicted molar refractivity (Wildman–Crippen MR) is 82.9 cm³/mol. The van der Waals surface area contributed by atoms with E-state index in [2.05, 4.69) is 50.4 Å². The van der Waals surface area contributed by atoms with E-state index in [9.17, 15) is 0 Å². The van der Waals surface area contributed by atoms with Crippen LogP contribution in [0.1, 0.15) is 51.6 Å². The molecule has 3 rings (SSSR count). The molecule has 3 unspecified atom stereocenters. The van der Waals surface area contributed by atoms with Crippen molar-refractivity contribution in [1.29, 1.82) is 0 Å². The first-order chi connectivity index (χ1) is 9.70. The van der Waals surface area contributed by atoms with Gasteiger partial charge in [-0.15, -0.1) is 0 Å². The fraction of sp³-hybridized carbons (Fsp3) is 0.667. The summed E-state index contributed by atoms with van der Waals surface area (Å²) in [6.07, 6.45) is 4.57. The van der Waals surface area contributed by atoms with Crippen molar-refractivity contribution < 1.29 is 4.74 Å². The molecule has 2 heteroatoms. The molecule has 0 saturated heterocycles. The Morgan fingerprint density at radius 1 is 1.25 bits per heavy atom. The van der Waals surface area contributed by atoms with Crippen LogP contribution in [0.15, 0.2) is 24.3 Å². The van der Waals surface area contributed by atoms with E-state index in [1.807, 2.05) is 0 Å². The van der Waals surface area contributed by atoms with E-state index in [0.29, 0.717) is 6.04 Å². The minimum atomic E-state index is 0.239. The number of benzene rings is 1. The first kappa shape index (κ1) is 13.9. The summed E-state index contributed by atoms with van der Waals surface area (Å²) in [6, 6.07) is 9.22. The van der Waals surface area contributed by atoms with Gasteiger partial charge < -0.3 is 10.1 Å². The van der Waals surface area contributed by atoms with Crippen molar-refractivity contribution in [3.05, 3.63) is 29.8 Å². The number of fused-ring (bicyclic) bond motifs is 1. The summed E-state index contributed by atoms with van der Waals surface area (Å²) >= 11 is 0.